The van der Waals surface area contributed by atoms with Gasteiger partial charge < -0.3 is 10.4 Å². The zero-order valence-corrected chi connectivity index (χ0v) is 14.2. The van der Waals surface area contributed by atoms with Crippen molar-refractivity contribution >= 4 is 32.2 Å². The molecule has 7 nitrogen and oxygen atoms in total. The molecule has 8 heteroatoms. The van der Waals surface area contributed by atoms with E-state index in [9.17, 15) is 8.42 Å². The third kappa shape index (κ3) is 2.85. The monoisotopic (exact) mass is 346 g/mol. The molecule has 3 aromatic rings. The van der Waals surface area contributed by atoms with Gasteiger partial charge in [-0.25, -0.2) is 8.42 Å². The van der Waals surface area contributed by atoms with E-state index in [0.29, 0.717) is 16.7 Å². The second kappa shape index (κ2) is 6.21. The fraction of sp³-hybridized carbons (Fsp3) is 0.250. The maximum atomic E-state index is 12.3. The Bertz CT molecular complexity index is 996. The molecule has 0 radical (unpaired) electrons. The zero-order valence-electron chi connectivity index (χ0n) is 13.4. The summed E-state index contributed by atoms with van der Waals surface area (Å²) in [6, 6.07) is 6.75. The van der Waals surface area contributed by atoms with Gasteiger partial charge in [-0.1, -0.05) is 12.1 Å². The Morgan fingerprint density at radius 1 is 1.25 bits per heavy atom. The van der Waals surface area contributed by atoms with Gasteiger partial charge >= 0.3 is 0 Å². The van der Waals surface area contributed by atoms with Crippen molar-refractivity contribution in [1.29, 1.82) is 0 Å². The minimum atomic E-state index is -3.59. The lowest BCUT2D eigenvalue weighted by molar-refractivity contribution is 0.319. The number of H-pyrrole nitrogens is 1. The smallest absolute Gasteiger partial charge is 0.182 e. The van der Waals surface area contributed by atoms with E-state index in [2.05, 4.69) is 20.5 Å². The van der Waals surface area contributed by atoms with Crippen molar-refractivity contribution in [2.75, 3.05) is 17.7 Å². The molecule has 0 atom stereocenters. The lowest BCUT2D eigenvalue weighted by Crippen LogP contribution is -2.11. The fourth-order valence-corrected chi connectivity index (χ4v) is 3.68. The van der Waals surface area contributed by atoms with Gasteiger partial charge in [-0.3, -0.25) is 10.1 Å². The number of aliphatic hydroxyl groups excluding tert-OH is 1. The Labute approximate surface area is 139 Å². The number of anilines is 2. The van der Waals surface area contributed by atoms with Crippen molar-refractivity contribution in [2.45, 2.75) is 18.7 Å². The minimum Gasteiger partial charge on any atom is -0.395 e. The standard InChI is InChI=1S/C16H18N4O3S/c1-10-11(2)19-20-16(10)18-13-6-7-17-15-12(13)4-3-5-14(15)24(22,23)9-8-21/h3-7,21H,8-9H2,1-2H3,(H2,17,18,19,20). The first-order valence-corrected chi connectivity index (χ1v) is 9.09. The maximum absolute atomic E-state index is 12.3. The highest BCUT2D eigenvalue weighted by Crippen LogP contribution is 2.30. The first kappa shape index (κ1) is 16.4. The molecule has 0 unspecified atom stereocenters. The van der Waals surface area contributed by atoms with Gasteiger partial charge in [0.25, 0.3) is 0 Å². The van der Waals surface area contributed by atoms with Crippen molar-refractivity contribution in [2.24, 2.45) is 0 Å². The SMILES string of the molecule is Cc1[nH]nc(Nc2ccnc3c(S(=O)(=O)CCO)cccc23)c1C. The van der Waals surface area contributed by atoms with Gasteiger partial charge in [-0.2, -0.15) is 5.10 Å². The highest BCUT2D eigenvalue weighted by molar-refractivity contribution is 7.91. The van der Waals surface area contributed by atoms with E-state index in [-0.39, 0.29) is 10.6 Å². The molecular weight excluding hydrogens is 328 g/mol. The summed E-state index contributed by atoms with van der Waals surface area (Å²) in [6.45, 7) is 3.45. The third-order valence-corrected chi connectivity index (χ3v) is 5.65. The average molecular weight is 346 g/mol. The van der Waals surface area contributed by atoms with Gasteiger partial charge in [0.2, 0.25) is 0 Å². The number of sulfone groups is 1. The Balaban J connectivity index is 2.13. The number of nitrogens with zero attached hydrogens (tertiary/aromatic N) is 2. The number of aryl methyl sites for hydroxylation is 1. The highest BCUT2D eigenvalue weighted by atomic mass is 32.2. The quantitative estimate of drug-likeness (QED) is 0.653. The molecule has 0 fully saturated rings. The number of benzene rings is 1. The molecule has 0 saturated carbocycles. The van der Waals surface area contributed by atoms with Crippen LogP contribution in [0.2, 0.25) is 0 Å². The Morgan fingerprint density at radius 3 is 2.71 bits per heavy atom. The number of nitrogens with one attached hydrogen (secondary N) is 2. The van der Waals surface area contributed by atoms with Gasteiger partial charge in [-0.05, 0) is 26.0 Å². The number of rotatable bonds is 5. The molecule has 24 heavy (non-hydrogen) atoms. The van der Waals surface area contributed by atoms with Gasteiger partial charge in [0.1, 0.15) is 0 Å². The van der Waals surface area contributed by atoms with E-state index in [1.165, 1.54) is 6.07 Å². The molecule has 1 aromatic carbocycles. The van der Waals surface area contributed by atoms with Gasteiger partial charge in [-0.15, -0.1) is 0 Å². The molecule has 0 amide bonds. The molecule has 3 N–H and O–H groups in total. The van der Waals surface area contributed by atoms with Crippen LogP contribution in [0.3, 0.4) is 0 Å². The molecule has 0 bridgehead atoms. The molecule has 0 aliphatic rings. The number of pyridine rings is 1. The summed E-state index contributed by atoms with van der Waals surface area (Å²) in [5.41, 5.74) is 3.04. The number of aromatic amines is 1. The van der Waals surface area contributed by atoms with Crippen LogP contribution in [0.25, 0.3) is 10.9 Å². The Hall–Kier alpha value is -2.45. The summed E-state index contributed by atoms with van der Waals surface area (Å²) in [6.07, 6.45) is 1.55. The van der Waals surface area contributed by atoms with Gasteiger partial charge in [0.05, 0.1) is 28.5 Å². The summed E-state index contributed by atoms with van der Waals surface area (Å²) in [5, 5.41) is 20.0. The predicted molar refractivity (Wildman–Crippen MR) is 92.2 cm³/mol. The third-order valence-electron chi connectivity index (χ3n) is 3.94. The molecular formula is C16H18N4O3S. The summed E-state index contributed by atoms with van der Waals surface area (Å²) < 4.78 is 24.7. The van der Waals surface area contributed by atoms with Crippen LogP contribution in [-0.2, 0) is 9.84 Å². The molecule has 0 saturated heterocycles. The Morgan fingerprint density at radius 2 is 2.04 bits per heavy atom. The summed E-state index contributed by atoms with van der Waals surface area (Å²) in [5.74, 6) is 0.354. The zero-order chi connectivity index (χ0) is 17.3. The second-order valence-electron chi connectivity index (χ2n) is 5.50. The number of hydrogen-bond acceptors (Lipinski definition) is 6. The average Bonchev–Trinajstić information content (AvgIpc) is 2.86. The highest BCUT2D eigenvalue weighted by Gasteiger charge is 2.19. The fourth-order valence-electron chi connectivity index (χ4n) is 2.47. The second-order valence-corrected chi connectivity index (χ2v) is 7.58. The van der Waals surface area contributed by atoms with E-state index in [4.69, 9.17) is 5.11 Å². The summed E-state index contributed by atoms with van der Waals surface area (Å²) in [7, 11) is -3.59. The number of para-hydroxylation sites is 1. The van der Waals surface area contributed by atoms with Crippen LogP contribution >= 0.6 is 0 Å². The summed E-state index contributed by atoms with van der Waals surface area (Å²) in [4.78, 5) is 4.35. The van der Waals surface area contributed by atoms with Crippen molar-refractivity contribution in [3.8, 4) is 0 Å². The van der Waals surface area contributed by atoms with Crippen LogP contribution in [0.4, 0.5) is 11.5 Å². The minimum absolute atomic E-state index is 0.118. The molecule has 2 aromatic heterocycles. The van der Waals surface area contributed by atoms with Gasteiger partial charge in [0, 0.05) is 22.8 Å². The van der Waals surface area contributed by atoms with E-state index >= 15 is 0 Å². The lowest BCUT2D eigenvalue weighted by atomic mass is 10.2. The summed E-state index contributed by atoms with van der Waals surface area (Å²) >= 11 is 0. The molecule has 0 aliphatic carbocycles. The Kier molecular flexibility index (Phi) is 4.25. The largest absolute Gasteiger partial charge is 0.395 e. The van der Waals surface area contributed by atoms with Crippen molar-refractivity contribution < 1.29 is 13.5 Å². The molecule has 2 heterocycles. The maximum Gasteiger partial charge on any atom is 0.182 e. The van der Waals surface area contributed by atoms with Crippen molar-refractivity contribution in [3.05, 3.63) is 41.7 Å². The van der Waals surface area contributed by atoms with Crippen LogP contribution in [-0.4, -0.2) is 41.1 Å². The number of aromatic nitrogens is 3. The number of hydrogen-bond donors (Lipinski definition) is 3. The van der Waals surface area contributed by atoms with E-state index < -0.39 is 16.4 Å². The van der Waals surface area contributed by atoms with Crippen LogP contribution in [0.15, 0.2) is 35.4 Å². The first-order valence-electron chi connectivity index (χ1n) is 7.44. The molecule has 126 valence electrons. The number of aliphatic hydroxyl groups is 1. The predicted octanol–water partition coefficient (Wildman–Crippen LogP) is 2.08. The lowest BCUT2D eigenvalue weighted by Gasteiger charge is -2.11. The number of fused-ring (bicyclic) bond motifs is 1. The molecule has 3 rings (SSSR count). The van der Waals surface area contributed by atoms with Crippen LogP contribution < -0.4 is 5.32 Å². The topological polar surface area (TPSA) is 108 Å². The van der Waals surface area contributed by atoms with Crippen LogP contribution in [0, 0.1) is 13.8 Å². The molecule has 0 aliphatic heterocycles. The van der Waals surface area contributed by atoms with Crippen molar-refractivity contribution in [1.82, 2.24) is 15.2 Å². The first-order chi connectivity index (χ1) is 11.4. The van der Waals surface area contributed by atoms with Gasteiger partial charge in [0.15, 0.2) is 15.7 Å². The molecule has 0 spiro atoms. The van der Waals surface area contributed by atoms with Crippen LogP contribution in [0.1, 0.15) is 11.3 Å². The van der Waals surface area contributed by atoms with E-state index in [1.54, 1.807) is 24.4 Å². The van der Waals surface area contributed by atoms with Crippen molar-refractivity contribution in [3.63, 3.8) is 0 Å². The van der Waals surface area contributed by atoms with E-state index in [1.807, 2.05) is 13.8 Å². The van der Waals surface area contributed by atoms with E-state index in [0.717, 1.165) is 16.9 Å². The van der Waals surface area contributed by atoms with Crippen LogP contribution in [0.5, 0.6) is 0 Å². The normalized spacial score (nSPS) is 11.8.